The number of carbonyl (C=O) groups excluding carboxylic acids is 2. The molecule has 7 nitrogen and oxygen atoms in total. The molecule has 76 valence electrons. The lowest BCUT2D eigenvalue weighted by molar-refractivity contribution is -0.320. The molecule has 0 aliphatic heterocycles. The van der Waals surface area contributed by atoms with E-state index in [1.807, 2.05) is 0 Å². The fourth-order valence-electron chi connectivity index (χ4n) is 0.609. The van der Waals surface area contributed by atoms with Crippen molar-refractivity contribution in [2.75, 3.05) is 0 Å². The third-order valence-corrected chi connectivity index (χ3v) is 1.40. The van der Waals surface area contributed by atoms with Crippen molar-refractivity contribution in [2.45, 2.75) is 24.4 Å². The van der Waals surface area contributed by atoms with E-state index in [2.05, 4.69) is 0 Å². The number of hydrogen-bond donors (Lipinski definition) is 4. The van der Waals surface area contributed by atoms with Crippen molar-refractivity contribution >= 4 is 12.3 Å². The summed E-state index contributed by atoms with van der Waals surface area (Å²) in [6, 6.07) is 0. The molecule has 0 fully saturated rings. The molecular formula is C6H9O7-. The number of aliphatic hydroxyl groups is 4. The summed E-state index contributed by atoms with van der Waals surface area (Å²) in [5.41, 5.74) is 0. The zero-order valence-corrected chi connectivity index (χ0v) is 6.40. The Morgan fingerprint density at radius 2 is 1.62 bits per heavy atom. The van der Waals surface area contributed by atoms with Crippen LogP contribution in [0.1, 0.15) is 0 Å². The van der Waals surface area contributed by atoms with Crippen LogP contribution in [0.15, 0.2) is 0 Å². The van der Waals surface area contributed by atoms with Crippen molar-refractivity contribution in [1.82, 2.24) is 0 Å². The highest BCUT2D eigenvalue weighted by Crippen LogP contribution is 2.03. The monoisotopic (exact) mass is 193 g/mol. The number of hydrogen-bond acceptors (Lipinski definition) is 7. The zero-order valence-electron chi connectivity index (χ0n) is 6.40. The molecule has 0 aliphatic carbocycles. The van der Waals surface area contributed by atoms with Crippen molar-refractivity contribution in [3.05, 3.63) is 0 Å². The third-order valence-electron chi connectivity index (χ3n) is 1.40. The van der Waals surface area contributed by atoms with Crippen LogP contribution in [0.3, 0.4) is 0 Å². The number of aliphatic hydroxyl groups excluding tert-OH is 4. The molecule has 0 spiro atoms. The number of rotatable bonds is 5. The van der Waals surface area contributed by atoms with Crippen molar-refractivity contribution in [3.63, 3.8) is 0 Å². The van der Waals surface area contributed by atoms with E-state index in [0.717, 1.165) is 0 Å². The maximum atomic E-state index is 9.95. The molecule has 4 unspecified atom stereocenters. The SMILES string of the molecule is O=CC(O)C(O)C(O)C(O)C(=O)[O-]. The Balaban J connectivity index is 4.32. The molecule has 0 aromatic carbocycles. The van der Waals surface area contributed by atoms with E-state index in [9.17, 15) is 14.7 Å². The maximum Gasteiger partial charge on any atom is 0.151 e. The molecule has 7 heteroatoms. The average Bonchev–Trinajstić information content (AvgIpc) is 2.12. The molecule has 0 heterocycles. The molecule has 0 rings (SSSR count). The topological polar surface area (TPSA) is 138 Å². The van der Waals surface area contributed by atoms with Gasteiger partial charge in [-0.2, -0.15) is 0 Å². The summed E-state index contributed by atoms with van der Waals surface area (Å²) in [6.07, 6.45) is -8.65. The van der Waals surface area contributed by atoms with E-state index >= 15 is 0 Å². The van der Waals surface area contributed by atoms with Crippen molar-refractivity contribution in [2.24, 2.45) is 0 Å². The molecule has 0 aromatic heterocycles. The number of carboxylic acid groups (broad SMARTS) is 1. The van der Waals surface area contributed by atoms with E-state index < -0.39 is 30.4 Å². The lowest BCUT2D eigenvalue weighted by Crippen LogP contribution is -2.52. The smallest absolute Gasteiger partial charge is 0.151 e. The molecule has 0 saturated heterocycles. The van der Waals surface area contributed by atoms with Crippen LogP contribution in [0, 0.1) is 0 Å². The summed E-state index contributed by atoms with van der Waals surface area (Å²) >= 11 is 0. The predicted octanol–water partition coefficient (Wildman–Crippen LogP) is -4.62. The molecule has 4 N–H and O–H groups in total. The Labute approximate surface area is 72.9 Å². The van der Waals surface area contributed by atoms with Gasteiger partial charge in [0.1, 0.15) is 24.4 Å². The number of aldehydes is 1. The van der Waals surface area contributed by atoms with Gasteiger partial charge in [-0.1, -0.05) is 0 Å². The van der Waals surface area contributed by atoms with Gasteiger partial charge in [-0.25, -0.2) is 0 Å². The molecule has 0 saturated carbocycles. The molecular weight excluding hydrogens is 184 g/mol. The summed E-state index contributed by atoms with van der Waals surface area (Å²) < 4.78 is 0. The highest BCUT2D eigenvalue weighted by molar-refractivity contribution is 5.70. The molecule has 0 aromatic rings. The average molecular weight is 193 g/mol. The molecule has 0 radical (unpaired) electrons. The fourth-order valence-corrected chi connectivity index (χ4v) is 0.609. The van der Waals surface area contributed by atoms with Gasteiger partial charge in [0, 0.05) is 0 Å². The van der Waals surface area contributed by atoms with Crippen molar-refractivity contribution < 1.29 is 35.1 Å². The van der Waals surface area contributed by atoms with Crippen LogP contribution in [-0.4, -0.2) is 57.1 Å². The summed E-state index contributed by atoms with van der Waals surface area (Å²) in [7, 11) is 0. The standard InChI is InChI=1S/C6H10O7/c7-1-2(8)3(9)4(10)5(11)6(12)13/h1-5,8-11H,(H,12,13)/p-1. The lowest BCUT2D eigenvalue weighted by atomic mass is 10.0. The summed E-state index contributed by atoms with van der Waals surface area (Å²) in [5.74, 6) is -2.01. The Bertz CT molecular complexity index is 191. The Hall–Kier alpha value is -1.02. The van der Waals surface area contributed by atoms with Gasteiger partial charge in [0.25, 0.3) is 0 Å². The minimum Gasteiger partial charge on any atom is -0.547 e. The van der Waals surface area contributed by atoms with Crippen molar-refractivity contribution in [3.8, 4) is 0 Å². The fraction of sp³-hybridized carbons (Fsp3) is 0.667. The van der Waals surface area contributed by atoms with Gasteiger partial charge in [0.15, 0.2) is 6.29 Å². The van der Waals surface area contributed by atoms with Crippen LogP contribution in [-0.2, 0) is 9.59 Å². The Kier molecular flexibility index (Phi) is 4.49. The lowest BCUT2D eigenvalue weighted by Gasteiger charge is -2.24. The zero-order chi connectivity index (χ0) is 10.6. The number of carboxylic acids is 1. The maximum absolute atomic E-state index is 9.95. The Morgan fingerprint density at radius 1 is 1.15 bits per heavy atom. The summed E-state index contributed by atoms with van der Waals surface area (Å²) in [6.45, 7) is 0. The predicted molar refractivity (Wildman–Crippen MR) is 35.1 cm³/mol. The van der Waals surface area contributed by atoms with E-state index in [1.165, 1.54) is 0 Å². The van der Waals surface area contributed by atoms with Crippen LogP contribution in [0.2, 0.25) is 0 Å². The molecule has 0 aliphatic rings. The molecule has 0 bridgehead atoms. The van der Waals surface area contributed by atoms with Gasteiger partial charge < -0.3 is 35.1 Å². The second-order valence-electron chi connectivity index (χ2n) is 2.37. The minimum atomic E-state index is -2.36. The normalized spacial score (nSPS) is 20.0. The first-order chi connectivity index (χ1) is 5.91. The van der Waals surface area contributed by atoms with Crippen LogP contribution in [0.4, 0.5) is 0 Å². The first-order valence-corrected chi connectivity index (χ1v) is 3.30. The highest BCUT2D eigenvalue weighted by Gasteiger charge is 2.30. The Morgan fingerprint density at radius 3 is 1.92 bits per heavy atom. The molecule has 4 atom stereocenters. The molecule has 13 heavy (non-hydrogen) atoms. The van der Waals surface area contributed by atoms with E-state index in [4.69, 9.17) is 20.4 Å². The van der Waals surface area contributed by atoms with Gasteiger partial charge in [-0.05, 0) is 0 Å². The van der Waals surface area contributed by atoms with Crippen LogP contribution >= 0.6 is 0 Å². The van der Waals surface area contributed by atoms with E-state index in [0.29, 0.717) is 0 Å². The van der Waals surface area contributed by atoms with Gasteiger partial charge >= 0.3 is 0 Å². The van der Waals surface area contributed by atoms with Crippen LogP contribution < -0.4 is 5.11 Å². The van der Waals surface area contributed by atoms with Gasteiger partial charge in [-0.15, -0.1) is 0 Å². The largest absolute Gasteiger partial charge is 0.547 e. The quantitative estimate of drug-likeness (QED) is 0.322. The number of aliphatic carboxylic acids is 1. The minimum absolute atomic E-state index is 0.101. The second-order valence-corrected chi connectivity index (χ2v) is 2.37. The van der Waals surface area contributed by atoms with Crippen LogP contribution in [0.25, 0.3) is 0 Å². The van der Waals surface area contributed by atoms with Crippen molar-refractivity contribution in [1.29, 1.82) is 0 Å². The van der Waals surface area contributed by atoms with E-state index in [1.54, 1.807) is 0 Å². The summed E-state index contributed by atoms with van der Waals surface area (Å²) in [5, 5.41) is 44.8. The highest BCUT2D eigenvalue weighted by atomic mass is 16.4. The van der Waals surface area contributed by atoms with Crippen LogP contribution in [0.5, 0.6) is 0 Å². The number of carbonyl (C=O) groups is 2. The second kappa shape index (κ2) is 4.87. The third kappa shape index (κ3) is 3.07. The van der Waals surface area contributed by atoms with Gasteiger partial charge in [0.05, 0.1) is 5.97 Å². The summed E-state index contributed by atoms with van der Waals surface area (Å²) in [4.78, 5) is 19.8. The van der Waals surface area contributed by atoms with Gasteiger partial charge in [-0.3, -0.25) is 0 Å². The first-order valence-electron chi connectivity index (χ1n) is 3.30. The molecule has 0 amide bonds. The van der Waals surface area contributed by atoms with E-state index in [-0.39, 0.29) is 6.29 Å². The first kappa shape index (κ1) is 12.0. The van der Waals surface area contributed by atoms with Gasteiger partial charge in [0.2, 0.25) is 0 Å².